The highest BCUT2D eigenvalue weighted by atomic mass is 16.5. The standard InChI is InChI=1S/C14H18O5/c1-9(2)5-6-19-12-8-10(14(15)16)7-11(17-3)13(12)18-4/h5,7-8H,6H2,1-4H3,(H,15,16). The number of hydrogen-bond donors (Lipinski definition) is 1. The Balaban J connectivity index is 3.14. The van der Waals surface area contributed by atoms with Crippen molar-refractivity contribution in [2.45, 2.75) is 13.8 Å². The second-order valence-corrected chi connectivity index (χ2v) is 4.11. The van der Waals surface area contributed by atoms with Gasteiger partial charge in [-0.1, -0.05) is 5.57 Å². The molecule has 0 aliphatic carbocycles. The third-order valence-electron chi connectivity index (χ3n) is 2.42. The minimum atomic E-state index is -1.05. The van der Waals surface area contributed by atoms with E-state index in [0.717, 1.165) is 5.57 Å². The topological polar surface area (TPSA) is 65.0 Å². The first-order valence-corrected chi connectivity index (χ1v) is 5.75. The molecule has 104 valence electrons. The van der Waals surface area contributed by atoms with E-state index in [1.807, 2.05) is 19.9 Å². The molecule has 0 heterocycles. The van der Waals surface area contributed by atoms with E-state index in [4.69, 9.17) is 19.3 Å². The molecule has 0 amide bonds. The van der Waals surface area contributed by atoms with Crippen LogP contribution in [0.3, 0.4) is 0 Å². The number of allylic oxidation sites excluding steroid dienone is 1. The summed E-state index contributed by atoms with van der Waals surface area (Å²) >= 11 is 0. The van der Waals surface area contributed by atoms with Gasteiger partial charge in [0.05, 0.1) is 19.8 Å². The van der Waals surface area contributed by atoms with E-state index in [9.17, 15) is 4.79 Å². The molecule has 0 fully saturated rings. The summed E-state index contributed by atoms with van der Waals surface area (Å²) in [5.41, 5.74) is 1.20. The van der Waals surface area contributed by atoms with Gasteiger partial charge in [0.1, 0.15) is 6.61 Å². The normalized spacial score (nSPS) is 9.68. The van der Waals surface area contributed by atoms with Gasteiger partial charge in [-0.05, 0) is 32.1 Å². The van der Waals surface area contributed by atoms with Gasteiger partial charge in [-0.15, -0.1) is 0 Å². The van der Waals surface area contributed by atoms with Gasteiger partial charge >= 0.3 is 5.97 Å². The zero-order valence-corrected chi connectivity index (χ0v) is 11.5. The number of rotatable bonds is 6. The van der Waals surface area contributed by atoms with Crippen LogP contribution in [-0.2, 0) is 0 Å². The van der Waals surface area contributed by atoms with Crippen LogP contribution in [0, 0.1) is 0 Å². The monoisotopic (exact) mass is 266 g/mol. The zero-order valence-electron chi connectivity index (χ0n) is 11.5. The molecule has 0 bridgehead atoms. The Morgan fingerprint density at radius 3 is 2.32 bits per heavy atom. The highest BCUT2D eigenvalue weighted by molar-refractivity contribution is 5.89. The molecule has 0 aromatic heterocycles. The number of ether oxygens (including phenoxy) is 3. The van der Waals surface area contributed by atoms with Gasteiger partial charge in [0.15, 0.2) is 11.5 Å². The Bertz CT molecular complexity index is 487. The van der Waals surface area contributed by atoms with E-state index >= 15 is 0 Å². The lowest BCUT2D eigenvalue weighted by Crippen LogP contribution is -2.03. The van der Waals surface area contributed by atoms with Crippen molar-refractivity contribution in [1.29, 1.82) is 0 Å². The summed E-state index contributed by atoms with van der Waals surface area (Å²) < 4.78 is 15.8. The molecule has 1 rings (SSSR count). The highest BCUT2D eigenvalue weighted by Crippen LogP contribution is 2.38. The molecular weight excluding hydrogens is 248 g/mol. The fourth-order valence-corrected chi connectivity index (χ4v) is 1.46. The second-order valence-electron chi connectivity index (χ2n) is 4.11. The third kappa shape index (κ3) is 3.91. The molecule has 0 saturated heterocycles. The molecule has 0 aliphatic heterocycles. The summed E-state index contributed by atoms with van der Waals surface area (Å²) in [6, 6.07) is 2.82. The van der Waals surface area contributed by atoms with Crippen LogP contribution >= 0.6 is 0 Å². The molecule has 0 radical (unpaired) electrons. The number of carbonyl (C=O) groups is 1. The lowest BCUT2D eigenvalue weighted by Gasteiger charge is -2.14. The molecule has 0 saturated carbocycles. The van der Waals surface area contributed by atoms with E-state index in [1.165, 1.54) is 26.4 Å². The molecule has 5 nitrogen and oxygen atoms in total. The summed E-state index contributed by atoms with van der Waals surface area (Å²) in [5, 5.41) is 9.04. The molecule has 1 aromatic carbocycles. The van der Waals surface area contributed by atoms with E-state index < -0.39 is 5.97 Å². The van der Waals surface area contributed by atoms with Gasteiger partial charge in [0, 0.05) is 0 Å². The fourth-order valence-electron chi connectivity index (χ4n) is 1.46. The Hall–Kier alpha value is -2.17. The van der Waals surface area contributed by atoms with E-state index in [2.05, 4.69) is 0 Å². The number of carboxylic acids is 1. The molecule has 0 atom stereocenters. The first kappa shape index (κ1) is 14.9. The van der Waals surface area contributed by atoms with Gasteiger partial charge in [-0.25, -0.2) is 4.79 Å². The van der Waals surface area contributed by atoms with Gasteiger partial charge in [-0.2, -0.15) is 0 Å². The molecular formula is C14H18O5. The quantitative estimate of drug-likeness (QED) is 0.802. The van der Waals surface area contributed by atoms with Crippen LogP contribution in [0.5, 0.6) is 17.2 Å². The van der Waals surface area contributed by atoms with Crippen molar-refractivity contribution in [2.24, 2.45) is 0 Å². The van der Waals surface area contributed by atoms with Crippen LogP contribution < -0.4 is 14.2 Å². The summed E-state index contributed by atoms with van der Waals surface area (Å²) in [4.78, 5) is 11.0. The van der Waals surface area contributed by atoms with E-state index in [-0.39, 0.29) is 5.56 Å². The summed E-state index contributed by atoms with van der Waals surface area (Å²) in [6.45, 7) is 4.24. The maximum absolute atomic E-state index is 11.0. The Kier molecular flexibility index (Phi) is 5.23. The number of benzene rings is 1. The van der Waals surface area contributed by atoms with Gasteiger partial charge in [-0.3, -0.25) is 0 Å². The lowest BCUT2D eigenvalue weighted by atomic mass is 10.2. The predicted octanol–water partition coefficient (Wildman–Crippen LogP) is 2.75. The summed E-state index contributed by atoms with van der Waals surface area (Å²) in [6.07, 6.45) is 1.89. The number of aromatic carboxylic acids is 1. The highest BCUT2D eigenvalue weighted by Gasteiger charge is 2.16. The molecule has 5 heteroatoms. The van der Waals surface area contributed by atoms with Gasteiger partial charge in [0.25, 0.3) is 0 Å². The Morgan fingerprint density at radius 2 is 1.84 bits per heavy atom. The molecule has 1 N–H and O–H groups in total. The SMILES string of the molecule is COc1cc(C(=O)O)cc(OCC=C(C)C)c1OC. The average Bonchev–Trinajstić information content (AvgIpc) is 2.37. The van der Waals surface area contributed by atoms with Crippen molar-refractivity contribution in [2.75, 3.05) is 20.8 Å². The van der Waals surface area contributed by atoms with Crippen molar-refractivity contribution in [3.05, 3.63) is 29.3 Å². The average molecular weight is 266 g/mol. The van der Waals surface area contributed by atoms with Crippen LogP contribution in [0.1, 0.15) is 24.2 Å². The van der Waals surface area contributed by atoms with Gasteiger partial charge < -0.3 is 19.3 Å². The van der Waals surface area contributed by atoms with Gasteiger partial charge in [0.2, 0.25) is 5.75 Å². The van der Waals surface area contributed by atoms with Crippen LogP contribution in [0.25, 0.3) is 0 Å². The first-order chi connectivity index (χ1) is 8.99. The minimum Gasteiger partial charge on any atom is -0.493 e. The molecule has 0 unspecified atom stereocenters. The maximum atomic E-state index is 11.0. The van der Waals surface area contributed by atoms with Crippen LogP contribution in [0.15, 0.2) is 23.8 Å². The Labute approximate surface area is 112 Å². The number of methoxy groups -OCH3 is 2. The molecule has 1 aromatic rings. The van der Waals surface area contributed by atoms with Crippen LogP contribution in [0.4, 0.5) is 0 Å². The van der Waals surface area contributed by atoms with E-state index in [1.54, 1.807) is 0 Å². The fraction of sp³-hybridized carbons (Fsp3) is 0.357. The summed E-state index contributed by atoms with van der Waals surface area (Å²) in [7, 11) is 2.93. The van der Waals surface area contributed by atoms with Crippen molar-refractivity contribution in [3.8, 4) is 17.2 Å². The lowest BCUT2D eigenvalue weighted by molar-refractivity contribution is 0.0696. The number of carboxylic acid groups (broad SMARTS) is 1. The predicted molar refractivity (Wildman–Crippen MR) is 71.4 cm³/mol. The smallest absolute Gasteiger partial charge is 0.335 e. The van der Waals surface area contributed by atoms with Crippen molar-refractivity contribution < 1.29 is 24.1 Å². The van der Waals surface area contributed by atoms with Crippen molar-refractivity contribution in [1.82, 2.24) is 0 Å². The number of hydrogen-bond acceptors (Lipinski definition) is 4. The minimum absolute atomic E-state index is 0.0878. The Morgan fingerprint density at radius 1 is 1.21 bits per heavy atom. The second kappa shape index (κ2) is 6.68. The maximum Gasteiger partial charge on any atom is 0.335 e. The van der Waals surface area contributed by atoms with Crippen molar-refractivity contribution in [3.63, 3.8) is 0 Å². The largest absolute Gasteiger partial charge is 0.493 e. The molecule has 0 spiro atoms. The summed E-state index contributed by atoms with van der Waals surface area (Å²) in [5.74, 6) is 0.00835. The first-order valence-electron chi connectivity index (χ1n) is 5.75. The van der Waals surface area contributed by atoms with Crippen LogP contribution in [-0.4, -0.2) is 31.9 Å². The molecule has 0 aliphatic rings. The van der Waals surface area contributed by atoms with E-state index in [0.29, 0.717) is 23.9 Å². The third-order valence-corrected chi connectivity index (χ3v) is 2.42. The van der Waals surface area contributed by atoms with Crippen molar-refractivity contribution >= 4 is 5.97 Å². The molecule has 19 heavy (non-hydrogen) atoms. The zero-order chi connectivity index (χ0) is 14.4. The van der Waals surface area contributed by atoms with Crippen LogP contribution in [0.2, 0.25) is 0 Å².